The van der Waals surface area contributed by atoms with Crippen LogP contribution in [0.2, 0.25) is 0 Å². The summed E-state index contributed by atoms with van der Waals surface area (Å²) in [5.41, 5.74) is 6.81. The molecule has 1 fully saturated rings. The molecule has 1 aromatic rings. The van der Waals surface area contributed by atoms with Crippen LogP contribution in [0.15, 0.2) is 0 Å². The summed E-state index contributed by atoms with van der Waals surface area (Å²) in [6, 6.07) is 0. The maximum absolute atomic E-state index is 12.5. The smallest absolute Gasteiger partial charge is 0.272 e. The van der Waals surface area contributed by atoms with Gasteiger partial charge in [-0.25, -0.2) is 0 Å². The van der Waals surface area contributed by atoms with Gasteiger partial charge in [0.05, 0.1) is 23.5 Å². The number of anilines is 1. The Kier molecular flexibility index (Phi) is 4.04. The molecule has 1 aliphatic carbocycles. The Balaban J connectivity index is 2.17. The van der Waals surface area contributed by atoms with E-state index in [0.29, 0.717) is 23.0 Å². The zero-order chi connectivity index (χ0) is 14.9. The van der Waals surface area contributed by atoms with Crippen LogP contribution in [0.3, 0.4) is 0 Å². The molecule has 2 rings (SSSR count). The molecule has 0 saturated heterocycles. The van der Waals surface area contributed by atoms with Crippen molar-refractivity contribution in [1.29, 1.82) is 0 Å². The van der Waals surface area contributed by atoms with Crippen LogP contribution < -0.4 is 11.1 Å². The van der Waals surface area contributed by atoms with E-state index in [1.54, 1.807) is 14.0 Å². The Morgan fingerprint density at radius 3 is 2.60 bits per heavy atom. The zero-order valence-electron chi connectivity index (χ0n) is 12.4. The van der Waals surface area contributed by atoms with Crippen LogP contribution in [0, 0.1) is 12.8 Å². The van der Waals surface area contributed by atoms with Crippen molar-refractivity contribution in [2.24, 2.45) is 13.0 Å². The number of carbonyl (C=O) groups excluding carboxylic acids is 1. The van der Waals surface area contributed by atoms with E-state index < -0.39 is 5.54 Å². The third-order valence-corrected chi connectivity index (χ3v) is 4.40. The van der Waals surface area contributed by atoms with Crippen molar-refractivity contribution in [3.8, 4) is 0 Å². The number of nitrogen functional groups attached to an aromatic ring is 1. The van der Waals surface area contributed by atoms with Gasteiger partial charge in [-0.05, 0) is 38.5 Å². The monoisotopic (exact) mass is 280 g/mol. The van der Waals surface area contributed by atoms with E-state index in [1.807, 2.05) is 0 Å². The average molecular weight is 280 g/mol. The second kappa shape index (κ2) is 5.44. The third kappa shape index (κ3) is 2.65. The van der Waals surface area contributed by atoms with E-state index in [4.69, 9.17) is 5.73 Å². The van der Waals surface area contributed by atoms with Gasteiger partial charge in [0.1, 0.15) is 5.69 Å². The summed E-state index contributed by atoms with van der Waals surface area (Å²) >= 11 is 0. The van der Waals surface area contributed by atoms with E-state index in [9.17, 15) is 9.90 Å². The van der Waals surface area contributed by atoms with Crippen LogP contribution in [0.4, 0.5) is 5.69 Å². The number of nitrogens with one attached hydrogen (secondary N) is 1. The summed E-state index contributed by atoms with van der Waals surface area (Å²) in [5.74, 6) is 0.393. The number of aryl methyl sites for hydroxylation is 2. The van der Waals surface area contributed by atoms with Crippen molar-refractivity contribution < 1.29 is 9.90 Å². The van der Waals surface area contributed by atoms with Crippen LogP contribution in [0.1, 0.15) is 48.8 Å². The number of aliphatic hydroxyl groups excluding tert-OH is 1. The third-order valence-electron chi connectivity index (χ3n) is 4.40. The van der Waals surface area contributed by atoms with E-state index in [-0.39, 0.29) is 12.5 Å². The molecule has 1 saturated carbocycles. The van der Waals surface area contributed by atoms with E-state index in [2.05, 4.69) is 17.3 Å². The molecule has 112 valence electrons. The highest BCUT2D eigenvalue weighted by atomic mass is 16.3. The van der Waals surface area contributed by atoms with Gasteiger partial charge in [-0.1, -0.05) is 6.92 Å². The molecule has 0 radical (unpaired) electrons. The molecule has 6 heteroatoms. The van der Waals surface area contributed by atoms with Gasteiger partial charge in [0.2, 0.25) is 0 Å². The predicted molar refractivity (Wildman–Crippen MR) is 77.3 cm³/mol. The number of hydrogen-bond donors (Lipinski definition) is 3. The summed E-state index contributed by atoms with van der Waals surface area (Å²) in [6.07, 6.45) is 3.63. The lowest BCUT2D eigenvalue weighted by molar-refractivity contribution is 0.0709. The number of nitrogens with two attached hydrogens (primary N) is 1. The average Bonchev–Trinajstić information content (AvgIpc) is 2.66. The molecule has 0 spiro atoms. The quantitative estimate of drug-likeness (QED) is 0.769. The van der Waals surface area contributed by atoms with Crippen molar-refractivity contribution in [3.05, 3.63) is 11.4 Å². The van der Waals surface area contributed by atoms with Crippen molar-refractivity contribution in [2.75, 3.05) is 12.3 Å². The summed E-state index contributed by atoms with van der Waals surface area (Å²) in [7, 11) is 1.70. The van der Waals surface area contributed by atoms with Crippen LogP contribution in [-0.2, 0) is 7.05 Å². The molecular formula is C14H24N4O2. The number of aliphatic hydroxyl groups is 1. The topological polar surface area (TPSA) is 93.2 Å². The Morgan fingerprint density at radius 2 is 2.15 bits per heavy atom. The van der Waals surface area contributed by atoms with Gasteiger partial charge in [-0.3, -0.25) is 9.48 Å². The van der Waals surface area contributed by atoms with Gasteiger partial charge in [-0.15, -0.1) is 0 Å². The fraction of sp³-hybridized carbons (Fsp3) is 0.714. The van der Waals surface area contributed by atoms with Crippen LogP contribution in [0.25, 0.3) is 0 Å². The number of rotatable bonds is 3. The normalized spacial score (nSPS) is 26.5. The van der Waals surface area contributed by atoms with Crippen LogP contribution >= 0.6 is 0 Å². The fourth-order valence-electron chi connectivity index (χ4n) is 2.88. The summed E-state index contributed by atoms with van der Waals surface area (Å²) in [6.45, 7) is 3.93. The maximum Gasteiger partial charge on any atom is 0.272 e. The number of amides is 1. The highest BCUT2D eigenvalue weighted by Gasteiger charge is 2.36. The molecule has 0 aromatic carbocycles. The molecule has 1 aliphatic rings. The minimum Gasteiger partial charge on any atom is -0.395 e. The molecule has 1 amide bonds. The molecule has 4 N–H and O–H groups in total. The van der Waals surface area contributed by atoms with Gasteiger partial charge in [0, 0.05) is 7.05 Å². The molecule has 0 aliphatic heterocycles. The van der Waals surface area contributed by atoms with Gasteiger partial charge in [0.25, 0.3) is 5.91 Å². The van der Waals surface area contributed by atoms with Gasteiger partial charge < -0.3 is 16.2 Å². The Bertz CT molecular complexity index is 502. The Morgan fingerprint density at radius 1 is 1.55 bits per heavy atom. The zero-order valence-corrected chi connectivity index (χ0v) is 12.4. The van der Waals surface area contributed by atoms with E-state index in [1.165, 1.54) is 4.68 Å². The van der Waals surface area contributed by atoms with Crippen molar-refractivity contribution >= 4 is 11.6 Å². The lowest BCUT2D eigenvalue weighted by Crippen LogP contribution is -2.53. The predicted octanol–water partition coefficient (Wildman–Crippen LogP) is 0.982. The highest BCUT2D eigenvalue weighted by Crippen LogP contribution is 2.32. The maximum atomic E-state index is 12.5. The molecule has 0 atom stereocenters. The standard InChI is InChI=1S/C14H24N4O2/c1-9-4-6-14(8-19,7-5-9)16-13(20)12-11(15)10(2)17-18(12)3/h9,19H,4-8,15H2,1-3H3,(H,16,20). The lowest BCUT2D eigenvalue weighted by Gasteiger charge is -2.38. The first kappa shape index (κ1) is 14.8. The minimum atomic E-state index is -0.520. The largest absolute Gasteiger partial charge is 0.395 e. The molecule has 1 aromatic heterocycles. The fourth-order valence-corrected chi connectivity index (χ4v) is 2.88. The second-order valence-electron chi connectivity index (χ2n) is 6.05. The summed E-state index contributed by atoms with van der Waals surface area (Å²) < 4.78 is 1.50. The van der Waals surface area contributed by atoms with Crippen molar-refractivity contribution in [1.82, 2.24) is 15.1 Å². The highest BCUT2D eigenvalue weighted by molar-refractivity contribution is 5.98. The summed E-state index contributed by atoms with van der Waals surface area (Å²) in [5, 5.41) is 16.8. The lowest BCUT2D eigenvalue weighted by atomic mass is 9.77. The Labute approximate surface area is 119 Å². The van der Waals surface area contributed by atoms with Crippen LogP contribution in [0.5, 0.6) is 0 Å². The Hall–Kier alpha value is -1.56. The molecule has 1 heterocycles. The number of nitrogens with zero attached hydrogens (tertiary/aromatic N) is 2. The summed E-state index contributed by atoms with van der Waals surface area (Å²) in [4.78, 5) is 12.5. The SMILES string of the molecule is Cc1nn(C)c(C(=O)NC2(CO)CCC(C)CC2)c1N. The first-order valence-corrected chi connectivity index (χ1v) is 7.11. The van der Waals surface area contributed by atoms with E-state index in [0.717, 1.165) is 25.7 Å². The molecule has 0 bridgehead atoms. The minimum absolute atomic E-state index is 0.0395. The number of hydrogen-bond acceptors (Lipinski definition) is 4. The van der Waals surface area contributed by atoms with Gasteiger partial charge in [0.15, 0.2) is 0 Å². The molecular weight excluding hydrogens is 256 g/mol. The van der Waals surface area contributed by atoms with Gasteiger partial charge in [-0.2, -0.15) is 5.10 Å². The molecule has 6 nitrogen and oxygen atoms in total. The van der Waals surface area contributed by atoms with Gasteiger partial charge >= 0.3 is 0 Å². The first-order chi connectivity index (χ1) is 9.38. The number of aromatic nitrogens is 2. The second-order valence-corrected chi connectivity index (χ2v) is 6.05. The first-order valence-electron chi connectivity index (χ1n) is 7.11. The van der Waals surface area contributed by atoms with Crippen LogP contribution in [-0.4, -0.2) is 32.9 Å². The molecule has 20 heavy (non-hydrogen) atoms. The molecule has 0 unspecified atom stereocenters. The van der Waals surface area contributed by atoms with Crippen molar-refractivity contribution in [3.63, 3.8) is 0 Å². The van der Waals surface area contributed by atoms with Crippen molar-refractivity contribution in [2.45, 2.75) is 45.1 Å². The van der Waals surface area contributed by atoms with E-state index >= 15 is 0 Å². The number of carbonyl (C=O) groups is 1.